The number of quaternary nitrogens is 1. The molecule has 0 fully saturated rings. The van der Waals surface area contributed by atoms with Gasteiger partial charge in [0.1, 0.15) is 5.97 Å². The van der Waals surface area contributed by atoms with E-state index in [4.69, 9.17) is 0 Å². The van der Waals surface area contributed by atoms with Gasteiger partial charge in [-0.05, 0) is 12.8 Å². The summed E-state index contributed by atoms with van der Waals surface area (Å²) in [5.74, 6) is -1.41. The summed E-state index contributed by atoms with van der Waals surface area (Å²) in [5, 5.41) is 14.4. The van der Waals surface area contributed by atoms with Crippen molar-refractivity contribution >= 4 is 11.9 Å². The number of nitrogens with one attached hydrogen (secondary N) is 1. The van der Waals surface area contributed by atoms with Crippen molar-refractivity contribution in [3.63, 3.8) is 0 Å². The maximum atomic E-state index is 12.1. The number of carboxylic acid groups (broad SMARTS) is 1. The molecule has 0 aliphatic carbocycles. The van der Waals surface area contributed by atoms with Crippen LogP contribution in [0.5, 0.6) is 0 Å². The third-order valence-electron chi connectivity index (χ3n) is 3.95. The topological polar surface area (TPSA) is 69.2 Å². The highest BCUT2D eigenvalue weighted by Crippen LogP contribution is 2.22. The molecule has 0 radical (unpaired) electrons. The maximum absolute atomic E-state index is 12.1. The molecule has 0 aromatic carbocycles. The number of aliphatic carboxylic acids is 1. The Morgan fingerprint density at radius 3 is 2.00 bits per heavy atom. The maximum Gasteiger partial charge on any atom is 0.224 e. The van der Waals surface area contributed by atoms with Crippen molar-refractivity contribution in [3.8, 4) is 0 Å². The predicted molar refractivity (Wildman–Crippen MR) is 82.2 cm³/mol. The van der Waals surface area contributed by atoms with Gasteiger partial charge in [0.15, 0.2) is 0 Å². The normalized spacial score (nSPS) is 14.5. The van der Waals surface area contributed by atoms with Crippen LogP contribution in [-0.2, 0) is 9.59 Å². The minimum Gasteiger partial charge on any atom is -0.542 e. The number of hydrogen-bond donors (Lipinski definition) is 1. The second-order valence-electron chi connectivity index (χ2n) is 6.62. The summed E-state index contributed by atoms with van der Waals surface area (Å²) in [6.45, 7) is 4.05. The van der Waals surface area contributed by atoms with Crippen LogP contribution in [0.25, 0.3) is 0 Å². The first kappa shape index (κ1) is 19.9. The summed E-state index contributed by atoms with van der Waals surface area (Å²) in [7, 11) is 5.31. The molecule has 1 amide bonds. The molecule has 0 aromatic heterocycles. The van der Waals surface area contributed by atoms with Crippen molar-refractivity contribution in [2.45, 2.75) is 70.9 Å². The molecule has 0 aliphatic heterocycles. The smallest absolute Gasteiger partial charge is 0.224 e. The molecule has 0 rings (SSSR count). The van der Waals surface area contributed by atoms with Crippen molar-refractivity contribution in [3.05, 3.63) is 0 Å². The first-order valence-electron chi connectivity index (χ1n) is 8.05. The van der Waals surface area contributed by atoms with Gasteiger partial charge in [0, 0.05) is 12.8 Å². The van der Waals surface area contributed by atoms with Crippen LogP contribution >= 0.6 is 0 Å². The molecular weight excluding hydrogens is 268 g/mol. The Kier molecular flexibility index (Phi) is 8.55. The fraction of sp³-hybridized carbons (Fsp3) is 0.875. The monoisotopic (exact) mass is 300 g/mol. The Hall–Kier alpha value is -1.10. The molecule has 5 heteroatoms. The van der Waals surface area contributed by atoms with Crippen molar-refractivity contribution < 1.29 is 19.2 Å². The number of rotatable bonds is 11. The Labute approximate surface area is 129 Å². The number of unbranched alkanes of at least 4 members (excludes halogenated alkanes) is 4. The number of likely N-dealkylation sites (N-methyl/N-ethyl adjacent to an activating group) is 1. The molecule has 1 N–H and O–H groups in total. The highest BCUT2D eigenvalue weighted by molar-refractivity contribution is 5.84. The van der Waals surface area contributed by atoms with E-state index in [1.165, 1.54) is 6.42 Å². The Morgan fingerprint density at radius 2 is 1.57 bits per heavy atom. The summed E-state index contributed by atoms with van der Waals surface area (Å²) in [6.07, 6.45) is 6.69. The van der Waals surface area contributed by atoms with E-state index in [9.17, 15) is 14.7 Å². The highest BCUT2D eigenvalue weighted by atomic mass is 16.4. The average Bonchev–Trinajstić information content (AvgIpc) is 2.36. The van der Waals surface area contributed by atoms with Crippen molar-refractivity contribution in [2.75, 3.05) is 21.1 Å². The highest BCUT2D eigenvalue weighted by Gasteiger charge is 2.45. The van der Waals surface area contributed by atoms with Crippen molar-refractivity contribution in [1.29, 1.82) is 0 Å². The summed E-state index contributed by atoms with van der Waals surface area (Å²) >= 11 is 0. The molecule has 0 heterocycles. The van der Waals surface area contributed by atoms with E-state index < -0.39 is 11.6 Å². The van der Waals surface area contributed by atoms with Gasteiger partial charge in [0.05, 0.1) is 21.1 Å². The molecule has 1 atom stereocenters. The quantitative estimate of drug-likeness (QED) is 0.356. The van der Waals surface area contributed by atoms with E-state index >= 15 is 0 Å². The van der Waals surface area contributed by atoms with Crippen LogP contribution in [0.2, 0.25) is 0 Å². The summed E-state index contributed by atoms with van der Waals surface area (Å²) in [4.78, 5) is 23.8. The van der Waals surface area contributed by atoms with E-state index in [2.05, 4.69) is 12.2 Å². The lowest BCUT2D eigenvalue weighted by Crippen LogP contribution is -2.74. The van der Waals surface area contributed by atoms with Crippen LogP contribution in [0.15, 0.2) is 0 Å². The number of carboxylic acids is 1. The van der Waals surface area contributed by atoms with Gasteiger partial charge in [-0.15, -0.1) is 0 Å². The second kappa shape index (κ2) is 9.03. The first-order chi connectivity index (χ1) is 9.71. The largest absolute Gasteiger partial charge is 0.542 e. The van der Waals surface area contributed by atoms with E-state index in [1.54, 1.807) is 21.1 Å². The standard InChI is InChI=1S/C16H32N2O3/c1-6-8-9-10-11-12-14(19)17-16(13-7-2,15(20)21)18(3,4)5/h6-13H2,1-5H3,(H-,17,19,20,21). The van der Waals surface area contributed by atoms with Crippen molar-refractivity contribution in [1.82, 2.24) is 5.32 Å². The molecule has 0 saturated carbocycles. The molecule has 0 spiro atoms. The molecule has 0 aromatic rings. The van der Waals surface area contributed by atoms with Crippen LogP contribution < -0.4 is 10.4 Å². The van der Waals surface area contributed by atoms with Gasteiger partial charge in [-0.1, -0.05) is 39.5 Å². The van der Waals surface area contributed by atoms with Crippen LogP contribution in [-0.4, -0.2) is 43.2 Å². The fourth-order valence-electron chi connectivity index (χ4n) is 2.54. The van der Waals surface area contributed by atoms with Gasteiger partial charge in [-0.3, -0.25) is 10.1 Å². The number of amides is 1. The van der Waals surface area contributed by atoms with Crippen LogP contribution in [0.4, 0.5) is 0 Å². The Bertz CT molecular complexity index is 337. The first-order valence-corrected chi connectivity index (χ1v) is 8.05. The summed E-state index contributed by atoms with van der Waals surface area (Å²) in [6, 6.07) is 0. The van der Waals surface area contributed by atoms with Gasteiger partial charge in [0.2, 0.25) is 11.6 Å². The molecule has 1 unspecified atom stereocenters. The molecule has 5 nitrogen and oxygen atoms in total. The van der Waals surface area contributed by atoms with Gasteiger partial charge in [-0.2, -0.15) is 0 Å². The number of hydrogen-bond acceptors (Lipinski definition) is 3. The third kappa shape index (κ3) is 6.04. The molecule has 124 valence electrons. The summed E-state index contributed by atoms with van der Waals surface area (Å²) in [5.41, 5.74) is -1.35. The lowest BCUT2D eigenvalue weighted by atomic mass is 9.99. The van der Waals surface area contributed by atoms with Crippen LogP contribution in [0, 0.1) is 0 Å². The molecule has 0 bridgehead atoms. The van der Waals surface area contributed by atoms with E-state index in [0.29, 0.717) is 19.3 Å². The van der Waals surface area contributed by atoms with E-state index in [0.717, 1.165) is 25.7 Å². The van der Waals surface area contributed by atoms with Gasteiger partial charge >= 0.3 is 0 Å². The lowest BCUT2D eigenvalue weighted by molar-refractivity contribution is -0.919. The SMILES string of the molecule is CCCCCCCC(=O)NC(CCC)(C(=O)[O-])[N+](C)(C)C. The molecular formula is C16H32N2O3. The number of carbonyl (C=O) groups is 2. The zero-order valence-electron chi connectivity index (χ0n) is 14.3. The summed E-state index contributed by atoms with van der Waals surface area (Å²) < 4.78 is 0.116. The zero-order chi connectivity index (χ0) is 16.5. The number of nitrogens with zero attached hydrogens (tertiary/aromatic N) is 1. The van der Waals surface area contributed by atoms with Gasteiger partial charge < -0.3 is 14.4 Å². The van der Waals surface area contributed by atoms with E-state index in [-0.39, 0.29) is 10.4 Å². The fourth-order valence-corrected chi connectivity index (χ4v) is 2.54. The van der Waals surface area contributed by atoms with Gasteiger partial charge in [0.25, 0.3) is 0 Å². The van der Waals surface area contributed by atoms with E-state index in [1.807, 2.05) is 6.92 Å². The zero-order valence-corrected chi connectivity index (χ0v) is 14.3. The third-order valence-corrected chi connectivity index (χ3v) is 3.95. The minimum absolute atomic E-state index is 0.116. The molecule has 0 aliphatic rings. The van der Waals surface area contributed by atoms with Crippen molar-refractivity contribution in [2.24, 2.45) is 0 Å². The molecule has 0 saturated heterocycles. The van der Waals surface area contributed by atoms with Crippen LogP contribution in [0.3, 0.4) is 0 Å². The molecule has 21 heavy (non-hydrogen) atoms. The second-order valence-corrected chi connectivity index (χ2v) is 6.62. The average molecular weight is 300 g/mol. The minimum atomic E-state index is -1.35. The lowest BCUT2D eigenvalue weighted by Gasteiger charge is -2.46. The number of carbonyl (C=O) groups excluding carboxylic acids is 2. The van der Waals surface area contributed by atoms with Gasteiger partial charge in [-0.25, -0.2) is 0 Å². The Balaban J connectivity index is 4.67. The Morgan fingerprint density at radius 1 is 1.00 bits per heavy atom. The van der Waals surface area contributed by atoms with Crippen LogP contribution in [0.1, 0.15) is 65.2 Å². The predicted octanol–water partition coefficient (Wildman–Crippen LogP) is 1.42.